The molecule has 2 atom stereocenters. The van der Waals surface area contributed by atoms with Crippen molar-refractivity contribution in [2.45, 2.75) is 37.5 Å². The summed E-state index contributed by atoms with van der Waals surface area (Å²) in [4.78, 5) is 13.1. The highest BCUT2D eigenvalue weighted by Crippen LogP contribution is 2.29. The smallest absolute Gasteiger partial charge is 0.230 e. The van der Waals surface area contributed by atoms with Crippen LogP contribution in [-0.2, 0) is 4.79 Å². The molecule has 0 spiro atoms. The van der Waals surface area contributed by atoms with Gasteiger partial charge in [0.2, 0.25) is 5.91 Å². The molecule has 0 radical (unpaired) electrons. The number of carbonyl (C=O) groups excluding carboxylic acids is 1. The first-order chi connectivity index (χ1) is 10.2. The fourth-order valence-corrected chi connectivity index (χ4v) is 3.81. The molecule has 1 fully saturated rings. The van der Waals surface area contributed by atoms with Gasteiger partial charge in [0.1, 0.15) is 0 Å². The third-order valence-electron chi connectivity index (χ3n) is 4.31. The highest BCUT2D eigenvalue weighted by atomic mass is 32.2. The number of aliphatic hydroxyl groups is 1. The maximum atomic E-state index is 12.0. The van der Waals surface area contributed by atoms with E-state index in [4.69, 9.17) is 0 Å². The van der Waals surface area contributed by atoms with Crippen LogP contribution >= 0.6 is 11.8 Å². The number of aliphatic hydroxyl groups excluding tert-OH is 1. The number of benzene rings is 1. The summed E-state index contributed by atoms with van der Waals surface area (Å²) in [5, 5.41) is 12.4. The molecule has 0 bridgehead atoms. The summed E-state index contributed by atoms with van der Waals surface area (Å²) in [6.07, 6.45) is 4.64. The third kappa shape index (κ3) is 5.04. The Balaban J connectivity index is 1.73. The average molecular weight is 307 g/mol. The summed E-state index contributed by atoms with van der Waals surface area (Å²) < 4.78 is 0. The largest absolute Gasteiger partial charge is 0.396 e. The van der Waals surface area contributed by atoms with Crippen molar-refractivity contribution in [3.05, 3.63) is 29.8 Å². The SMILES string of the molecule is Cc1ccccc1SCC(=O)NCC1CCCCC1CO. The normalized spacial score (nSPS) is 22.0. The van der Waals surface area contributed by atoms with E-state index in [0.29, 0.717) is 24.1 Å². The molecule has 21 heavy (non-hydrogen) atoms. The second kappa shape index (κ2) is 8.44. The van der Waals surface area contributed by atoms with E-state index in [1.165, 1.54) is 23.3 Å². The molecule has 1 aromatic carbocycles. The standard InChI is InChI=1S/C17H25NO2S/c1-13-6-2-5-9-16(13)21-12-17(20)18-10-14-7-3-4-8-15(14)11-19/h2,5-6,9,14-15,19H,3-4,7-8,10-12H2,1H3,(H,18,20). The van der Waals surface area contributed by atoms with E-state index in [9.17, 15) is 9.90 Å². The monoisotopic (exact) mass is 307 g/mol. The number of rotatable bonds is 6. The number of hydrogen-bond donors (Lipinski definition) is 2. The summed E-state index contributed by atoms with van der Waals surface area (Å²) in [5.41, 5.74) is 1.21. The molecule has 1 amide bonds. The third-order valence-corrected chi connectivity index (χ3v) is 5.49. The zero-order valence-electron chi connectivity index (χ0n) is 12.7. The number of nitrogens with one attached hydrogen (secondary N) is 1. The first kappa shape index (κ1) is 16.4. The molecule has 3 nitrogen and oxygen atoms in total. The van der Waals surface area contributed by atoms with Gasteiger partial charge in [-0.05, 0) is 43.2 Å². The summed E-state index contributed by atoms with van der Waals surface area (Å²) in [6, 6.07) is 8.13. The lowest BCUT2D eigenvalue weighted by Gasteiger charge is -2.30. The minimum atomic E-state index is 0.0884. The van der Waals surface area contributed by atoms with Crippen LogP contribution < -0.4 is 5.32 Å². The summed E-state index contributed by atoms with van der Waals surface area (Å²) in [5.74, 6) is 1.35. The van der Waals surface area contributed by atoms with Gasteiger partial charge in [0, 0.05) is 18.0 Å². The molecular formula is C17H25NO2S. The Morgan fingerprint density at radius 1 is 1.29 bits per heavy atom. The molecule has 116 valence electrons. The molecule has 0 aliphatic heterocycles. The molecule has 0 saturated heterocycles. The molecule has 4 heteroatoms. The van der Waals surface area contributed by atoms with E-state index in [-0.39, 0.29) is 12.5 Å². The van der Waals surface area contributed by atoms with E-state index in [1.807, 2.05) is 12.1 Å². The second-order valence-corrected chi connectivity index (χ2v) is 6.86. The van der Waals surface area contributed by atoms with Crippen molar-refractivity contribution in [2.24, 2.45) is 11.8 Å². The molecule has 1 saturated carbocycles. The van der Waals surface area contributed by atoms with Gasteiger partial charge in [-0.3, -0.25) is 4.79 Å². The molecule has 1 aromatic rings. The molecule has 2 unspecified atom stereocenters. The number of carbonyl (C=O) groups is 1. The van der Waals surface area contributed by atoms with Gasteiger partial charge in [-0.1, -0.05) is 31.0 Å². The van der Waals surface area contributed by atoms with Gasteiger partial charge in [-0.2, -0.15) is 0 Å². The average Bonchev–Trinajstić information content (AvgIpc) is 2.52. The minimum Gasteiger partial charge on any atom is -0.396 e. The Bertz CT molecular complexity index is 464. The summed E-state index contributed by atoms with van der Waals surface area (Å²) in [6.45, 7) is 3.02. The first-order valence-electron chi connectivity index (χ1n) is 7.76. The number of hydrogen-bond acceptors (Lipinski definition) is 3. The predicted octanol–water partition coefficient (Wildman–Crippen LogP) is 3.00. The zero-order valence-corrected chi connectivity index (χ0v) is 13.5. The van der Waals surface area contributed by atoms with Crippen molar-refractivity contribution in [3.63, 3.8) is 0 Å². The Labute approximate surface area is 131 Å². The predicted molar refractivity (Wildman–Crippen MR) is 87.4 cm³/mol. The van der Waals surface area contributed by atoms with E-state index >= 15 is 0 Å². The van der Waals surface area contributed by atoms with Crippen LogP contribution in [0.4, 0.5) is 0 Å². The van der Waals surface area contributed by atoms with Crippen molar-refractivity contribution < 1.29 is 9.90 Å². The van der Waals surface area contributed by atoms with Gasteiger partial charge in [-0.25, -0.2) is 0 Å². The Morgan fingerprint density at radius 2 is 2.00 bits per heavy atom. The summed E-state index contributed by atoms with van der Waals surface area (Å²) in [7, 11) is 0. The van der Waals surface area contributed by atoms with Gasteiger partial charge >= 0.3 is 0 Å². The van der Waals surface area contributed by atoms with Crippen molar-refractivity contribution in [3.8, 4) is 0 Å². The van der Waals surface area contributed by atoms with Gasteiger partial charge in [0.05, 0.1) is 5.75 Å². The molecular weight excluding hydrogens is 282 g/mol. The van der Waals surface area contributed by atoms with E-state index in [2.05, 4.69) is 24.4 Å². The minimum absolute atomic E-state index is 0.0884. The van der Waals surface area contributed by atoms with Crippen LogP contribution in [0.2, 0.25) is 0 Å². The maximum absolute atomic E-state index is 12.0. The van der Waals surface area contributed by atoms with E-state index in [0.717, 1.165) is 12.8 Å². The highest BCUT2D eigenvalue weighted by molar-refractivity contribution is 8.00. The van der Waals surface area contributed by atoms with E-state index in [1.54, 1.807) is 11.8 Å². The van der Waals surface area contributed by atoms with Gasteiger partial charge in [0.25, 0.3) is 0 Å². The maximum Gasteiger partial charge on any atom is 0.230 e. The second-order valence-electron chi connectivity index (χ2n) is 5.85. The lowest BCUT2D eigenvalue weighted by atomic mass is 9.79. The zero-order chi connectivity index (χ0) is 15.1. The van der Waals surface area contributed by atoms with Crippen molar-refractivity contribution >= 4 is 17.7 Å². The first-order valence-corrected chi connectivity index (χ1v) is 8.75. The molecule has 2 N–H and O–H groups in total. The van der Waals surface area contributed by atoms with Crippen molar-refractivity contribution in [2.75, 3.05) is 18.9 Å². The van der Waals surface area contributed by atoms with Gasteiger partial charge < -0.3 is 10.4 Å². The van der Waals surface area contributed by atoms with Crippen LogP contribution in [0.15, 0.2) is 29.2 Å². The molecule has 1 aliphatic carbocycles. The number of aryl methyl sites for hydroxylation is 1. The highest BCUT2D eigenvalue weighted by Gasteiger charge is 2.24. The lowest BCUT2D eigenvalue weighted by molar-refractivity contribution is -0.118. The molecule has 0 heterocycles. The van der Waals surface area contributed by atoms with Crippen LogP contribution in [0.3, 0.4) is 0 Å². The number of amides is 1. The van der Waals surface area contributed by atoms with Crippen LogP contribution in [-0.4, -0.2) is 29.9 Å². The quantitative estimate of drug-likeness (QED) is 0.794. The molecule has 1 aliphatic rings. The van der Waals surface area contributed by atoms with Crippen molar-refractivity contribution in [1.29, 1.82) is 0 Å². The fourth-order valence-electron chi connectivity index (χ4n) is 2.95. The van der Waals surface area contributed by atoms with Crippen LogP contribution in [0.25, 0.3) is 0 Å². The van der Waals surface area contributed by atoms with Crippen molar-refractivity contribution in [1.82, 2.24) is 5.32 Å². The van der Waals surface area contributed by atoms with Crippen LogP contribution in [0, 0.1) is 18.8 Å². The molecule has 2 rings (SSSR count). The van der Waals surface area contributed by atoms with Crippen LogP contribution in [0.1, 0.15) is 31.2 Å². The van der Waals surface area contributed by atoms with Crippen LogP contribution in [0.5, 0.6) is 0 Å². The molecule has 0 aromatic heterocycles. The fraction of sp³-hybridized carbons (Fsp3) is 0.588. The Kier molecular flexibility index (Phi) is 6.58. The topological polar surface area (TPSA) is 49.3 Å². The lowest BCUT2D eigenvalue weighted by Crippen LogP contribution is -2.36. The Hall–Kier alpha value is -1.00. The Morgan fingerprint density at radius 3 is 2.71 bits per heavy atom. The number of thioether (sulfide) groups is 1. The summed E-state index contributed by atoms with van der Waals surface area (Å²) >= 11 is 1.59. The van der Waals surface area contributed by atoms with Gasteiger partial charge in [0.15, 0.2) is 0 Å². The van der Waals surface area contributed by atoms with E-state index < -0.39 is 0 Å². The van der Waals surface area contributed by atoms with Gasteiger partial charge in [-0.15, -0.1) is 11.8 Å².